The van der Waals surface area contributed by atoms with E-state index in [0.717, 1.165) is 12.1 Å². The van der Waals surface area contributed by atoms with Crippen molar-refractivity contribution in [1.82, 2.24) is 14.7 Å². The van der Waals surface area contributed by atoms with Crippen molar-refractivity contribution in [2.24, 2.45) is 7.05 Å². The van der Waals surface area contributed by atoms with Crippen LogP contribution in [0.2, 0.25) is 0 Å². The first-order chi connectivity index (χ1) is 12.8. The van der Waals surface area contributed by atoms with Gasteiger partial charge in [0.1, 0.15) is 17.3 Å². The Hall–Kier alpha value is -3.01. The summed E-state index contributed by atoms with van der Waals surface area (Å²) in [7, 11) is 1.51. The summed E-state index contributed by atoms with van der Waals surface area (Å²) >= 11 is 0. The number of anilines is 2. The van der Waals surface area contributed by atoms with Crippen LogP contribution in [0.5, 0.6) is 0 Å². The average Bonchev–Trinajstić information content (AvgIpc) is 2.94. The van der Waals surface area contributed by atoms with E-state index >= 15 is 0 Å². The SMILES string of the molecule is Cn1nc(NC(=O)N2CCC(O)CC2)cc1C(=O)Nc1cc(F)cc(F)c1. The standard InChI is InChI=1S/C17H19F2N5O3/c1-23-14(16(26)20-12-7-10(18)6-11(19)8-12)9-15(22-23)21-17(27)24-4-2-13(25)3-5-24/h6-9,13,25H,2-5H2,1H3,(H,20,26)(H,21,22,27). The first-order valence-corrected chi connectivity index (χ1v) is 8.37. The molecular weight excluding hydrogens is 360 g/mol. The molecule has 8 nitrogen and oxygen atoms in total. The topological polar surface area (TPSA) is 99.5 Å². The van der Waals surface area contributed by atoms with Crippen LogP contribution in [-0.4, -0.2) is 50.9 Å². The summed E-state index contributed by atoms with van der Waals surface area (Å²) in [5, 5.41) is 18.5. The van der Waals surface area contributed by atoms with Crippen molar-refractivity contribution in [3.63, 3.8) is 0 Å². The zero-order valence-corrected chi connectivity index (χ0v) is 14.6. The number of nitrogens with one attached hydrogen (secondary N) is 2. The van der Waals surface area contributed by atoms with E-state index in [-0.39, 0.29) is 23.2 Å². The quantitative estimate of drug-likeness (QED) is 0.759. The summed E-state index contributed by atoms with van der Waals surface area (Å²) in [5.41, 5.74) is 0.0696. The largest absolute Gasteiger partial charge is 0.393 e. The molecule has 0 bridgehead atoms. The molecule has 3 amide bonds. The number of aliphatic hydroxyl groups excluding tert-OH is 1. The van der Waals surface area contributed by atoms with E-state index in [1.165, 1.54) is 17.8 Å². The third kappa shape index (κ3) is 4.59. The summed E-state index contributed by atoms with van der Waals surface area (Å²) in [4.78, 5) is 26.1. The van der Waals surface area contributed by atoms with E-state index < -0.39 is 23.6 Å². The minimum atomic E-state index is -0.810. The number of aromatic nitrogens is 2. The van der Waals surface area contributed by atoms with Gasteiger partial charge in [-0.05, 0) is 25.0 Å². The predicted octanol–water partition coefficient (Wildman–Crippen LogP) is 1.94. The number of amides is 3. The number of aryl methyl sites for hydroxylation is 1. The molecule has 3 rings (SSSR count). The fourth-order valence-corrected chi connectivity index (χ4v) is 2.82. The molecule has 0 atom stereocenters. The zero-order valence-electron chi connectivity index (χ0n) is 14.6. The molecule has 0 saturated carbocycles. The van der Waals surface area contributed by atoms with Gasteiger partial charge in [-0.1, -0.05) is 0 Å². The Kier molecular flexibility index (Phi) is 5.36. The van der Waals surface area contributed by atoms with Crippen molar-refractivity contribution in [3.05, 3.63) is 41.6 Å². The number of hydrogen-bond donors (Lipinski definition) is 3. The van der Waals surface area contributed by atoms with Crippen LogP contribution in [0.3, 0.4) is 0 Å². The molecule has 0 radical (unpaired) electrons. The molecule has 27 heavy (non-hydrogen) atoms. The number of urea groups is 1. The second-order valence-electron chi connectivity index (χ2n) is 6.30. The normalized spacial score (nSPS) is 14.9. The van der Waals surface area contributed by atoms with Crippen LogP contribution < -0.4 is 10.6 Å². The second kappa shape index (κ2) is 7.70. The van der Waals surface area contributed by atoms with Gasteiger partial charge < -0.3 is 15.3 Å². The van der Waals surface area contributed by atoms with Crippen LogP contribution in [0.15, 0.2) is 24.3 Å². The molecule has 0 unspecified atom stereocenters. The molecule has 1 aromatic carbocycles. The highest BCUT2D eigenvalue weighted by Gasteiger charge is 2.22. The van der Waals surface area contributed by atoms with Gasteiger partial charge in [-0.3, -0.25) is 14.8 Å². The van der Waals surface area contributed by atoms with Crippen molar-refractivity contribution < 1.29 is 23.5 Å². The zero-order chi connectivity index (χ0) is 19.6. The lowest BCUT2D eigenvalue weighted by Gasteiger charge is -2.29. The number of carbonyl (C=O) groups excluding carboxylic acids is 2. The number of rotatable bonds is 3. The minimum absolute atomic E-state index is 0.0313. The molecule has 144 valence electrons. The third-order valence-corrected chi connectivity index (χ3v) is 4.22. The Bertz CT molecular complexity index is 842. The maximum absolute atomic E-state index is 13.2. The lowest BCUT2D eigenvalue weighted by atomic mass is 10.1. The van der Waals surface area contributed by atoms with Gasteiger partial charge in [0.25, 0.3) is 5.91 Å². The summed E-state index contributed by atoms with van der Waals surface area (Å²) in [5.74, 6) is -2.08. The van der Waals surface area contributed by atoms with Crippen molar-refractivity contribution in [1.29, 1.82) is 0 Å². The predicted molar refractivity (Wildman–Crippen MR) is 93.4 cm³/mol. The van der Waals surface area contributed by atoms with Gasteiger partial charge >= 0.3 is 6.03 Å². The van der Waals surface area contributed by atoms with Crippen molar-refractivity contribution in [2.75, 3.05) is 23.7 Å². The van der Waals surface area contributed by atoms with Gasteiger partial charge in [0.2, 0.25) is 0 Å². The molecule has 1 fully saturated rings. The van der Waals surface area contributed by atoms with Crippen LogP contribution in [-0.2, 0) is 7.05 Å². The Morgan fingerprint density at radius 1 is 1.11 bits per heavy atom. The van der Waals surface area contributed by atoms with E-state index in [2.05, 4.69) is 15.7 Å². The monoisotopic (exact) mass is 379 g/mol. The Morgan fingerprint density at radius 2 is 1.74 bits per heavy atom. The summed E-state index contributed by atoms with van der Waals surface area (Å²) in [6.07, 6.45) is 0.618. The highest BCUT2D eigenvalue weighted by Crippen LogP contribution is 2.17. The number of benzene rings is 1. The number of nitrogens with zero attached hydrogens (tertiary/aromatic N) is 3. The maximum atomic E-state index is 13.2. The van der Waals surface area contributed by atoms with E-state index in [9.17, 15) is 23.5 Å². The van der Waals surface area contributed by atoms with Gasteiger partial charge in [0, 0.05) is 38.0 Å². The number of piperidine rings is 1. The Morgan fingerprint density at radius 3 is 2.37 bits per heavy atom. The number of carbonyl (C=O) groups is 2. The minimum Gasteiger partial charge on any atom is -0.393 e. The first kappa shape index (κ1) is 18.8. The number of likely N-dealkylation sites (tertiary alicyclic amines) is 1. The van der Waals surface area contributed by atoms with Crippen LogP contribution in [0.4, 0.5) is 25.1 Å². The van der Waals surface area contributed by atoms with Gasteiger partial charge in [-0.25, -0.2) is 13.6 Å². The summed E-state index contributed by atoms with van der Waals surface area (Å²) < 4.78 is 27.7. The third-order valence-electron chi connectivity index (χ3n) is 4.22. The average molecular weight is 379 g/mol. The van der Waals surface area contributed by atoms with Crippen molar-refractivity contribution >= 4 is 23.4 Å². The van der Waals surface area contributed by atoms with Gasteiger partial charge in [0.05, 0.1) is 6.10 Å². The highest BCUT2D eigenvalue weighted by molar-refractivity contribution is 6.04. The van der Waals surface area contributed by atoms with Gasteiger partial charge in [-0.2, -0.15) is 5.10 Å². The molecule has 0 spiro atoms. The van der Waals surface area contributed by atoms with E-state index in [0.29, 0.717) is 32.0 Å². The molecule has 1 saturated heterocycles. The smallest absolute Gasteiger partial charge is 0.323 e. The van der Waals surface area contributed by atoms with Crippen LogP contribution >= 0.6 is 0 Å². The molecule has 2 aromatic rings. The molecule has 2 heterocycles. The molecule has 1 aliphatic rings. The van der Waals surface area contributed by atoms with E-state index in [1.807, 2.05) is 0 Å². The molecule has 1 aliphatic heterocycles. The fourth-order valence-electron chi connectivity index (χ4n) is 2.82. The maximum Gasteiger partial charge on any atom is 0.323 e. The number of halogens is 2. The lowest BCUT2D eigenvalue weighted by Crippen LogP contribution is -2.42. The van der Waals surface area contributed by atoms with Crippen LogP contribution in [0.1, 0.15) is 23.3 Å². The van der Waals surface area contributed by atoms with Crippen LogP contribution in [0.25, 0.3) is 0 Å². The highest BCUT2D eigenvalue weighted by atomic mass is 19.1. The first-order valence-electron chi connectivity index (χ1n) is 8.37. The second-order valence-corrected chi connectivity index (χ2v) is 6.30. The summed E-state index contributed by atoms with van der Waals surface area (Å²) in [6.45, 7) is 0.858. The molecular formula is C17H19F2N5O3. The molecule has 3 N–H and O–H groups in total. The molecule has 10 heteroatoms. The lowest BCUT2D eigenvalue weighted by molar-refractivity contribution is 0.0970. The van der Waals surface area contributed by atoms with Crippen LogP contribution in [0, 0.1) is 11.6 Å². The molecule has 1 aromatic heterocycles. The molecule has 0 aliphatic carbocycles. The Balaban J connectivity index is 1.66. The van der Waals surface area contributed by atoms with Gasteiger partial charge in [-0.15, -0.1) is 0 Å². The van der Waals surface area contributed by atoms with E-state index in [4.69, 9.17) is 0 Å². The van der Waals surface area contributed by atoms with Crippen molar-refractivity contribution in [3.8, 4) is 0 Å². The van der Waals surface area contributed by atoms with E-state index in [1.54, 1.807) is 4.90 Å². The number of aliphatic hydroxyl groups is 1. The number of hydrogen-bond acceptors (Lipinski definition) is 4. The Labute approximate surface area is 153 Å². The summed E-state index contributed by atoms with van der Waals surface area (Å²) in [6, 6.07) is 3.67. The van der Waals surface area contributed by atoms with Gasteiger partial charge in [0.15, 0.2) is 5.82 Å². The van der Waals surface area contributed by atoms with Crippen molar-refractivity contribution in [2.45, 2.75) is 18.9 Å². The fraction of sp³-hybridized carbons (Fsp3) is 0.353.